The van der Waals surface area contributed by atoms with Crippen LogP contribution >= 0.6 is 0 Å². The van der Waals surface area contributed by atoms with Gasteiger partial charge in [-0.05, 0) is 18.9 Å². The number of hydrogen-bond acceptors (Lipinski definition) is 3. The van der Waals surface area contributed by atoms with Gasteiger partial charge < -0.3 is 15.0 Å². The van der Waals surface area contributed by atoms with Crippen LogP contribution in [-0.2, 0) is 10.9 Å². The number of methoxy groups -OCH3 is 1. The second-order valence-corrected chi connectivity index (χ2v) is 4.38. The summed E-state index contributed by atoms with van der Waals surface area (Å²) >= 11 is 0. The molecule has 1 aliphatic carbocycles. The topological polar surface area (TPSA) is 57.2 Å². The third-order valence-corrected chi connectivity index (χ3v) is 3.17. The quantitative estimate of drug-likeness (QED) is 0.884. The van der Waals surface area contributed by atoms with Crippen LogP contribution in [0.1, 0.15) is 24.4 Å². The van der Waals surface area contributed by atoms with Gasteiger partial charge in [0.2, 0.25) is 0 Å². The SMILES string of the molecule is CO[C@H]1C[C@@H](n2cc(N)cc(C(F)(F)F)c2=O)C1. The van der Waals surface area contributed by atoms with Crippen LogP contribution in [0.3, 0.4) is 0 Å². The molecule has 0 aliphatic heterocycles. The van der Waals surface area contributed by atoms with Gasteiger partial charge in [0.15, 0.2) is 0 Å². The van der Waals surface area contributed by atoms with E-state index in [4.69, 9.17) is 10.5 Å². The van der Waals surface area contributed by atoms with Gasteiger partial charge in [0.1, 0.15) is 5.56 Å². The van der Waals surface area contributed by atoms with Gasteiger partial charge in [-0.1, -0.05) is 0 Å². The zero-order valence-corrected chi connectivity index (χ0v) is 9.70. The predicted octanol–water partition coefficient (Wildman–Crippen LogP) is 1.80. The first-order valence-electron chi connectivity index (χ1n) is 5.44. The fraction of sp³-hybridized carbons (Fsp3) is 0.545. The maximum atomic E-state index is 12.6. The molecule has 0 spiro atoms. The van der Waals surface area contributed by atoms with Crippen molar-refractivity contribution < 1.29 is 17.9 Å². The Morgan fingerprint density at radius 3 is 2.56 bits per heavy atom. The van der Waals surface area contributed by atoms with Crippen molar-refractivity contribution in [1.82, 2.24) is 4.57 Å². The van der Waals surface area contributed by atoms with Crippen LogP contribution in [-0.4, -0.2) is 17.8 Å². The van der Waals surface area contributed by atoms with E-state index in [1.807, 2.05) is 0 Å². The van der Waals surface area contributed by atoms with Crippen molar-refractivity contribution in [3.63, 3.8) is 0 Å². The number of aromatic nitrogens is 1. The summed E-state index contributed by atoms with van der Waals surface area (Å²) in [5.74, 6) is 0. The lowest BCUT2D eigenvalue weighted by Crippen LogP contribution is -2.39. The number of pyridine rings is 1. The molecule has 1 heterocycles. The van der Waals surface area contributed by atoms with Crippen LogP contribution in [0, 0.1) is 0 Å². The molecule has 1 aromatic heterocycles. The van der Waals surface area contributed by atoms with Gasteiger partial charge in [0, 0.05) is 25.0 Å². The van der Waals surface area contributed by atoms with Crippen molar-refractivity contribution in [1.29, 1.82) is 0 Å². The molecule has 0 saturated heterocycles. The van der Waals surface area contributed by atoms with E-state index in [2.05, 4.69) is 0 Å². The summed E-state index contributed by atoms with van der Waals surface area (Å²) in [5, 5.41) is 0. The molecule has 0 amide bonds. The molecule has 18 heavy (non-hydrogen) atoms. The number of ether oxygens (including phenoxy) is 1. The van der Waals surface area contributed by atoms with E-state index in [0.29, 0.717) is 18.9 Å². The van der Waals surface area contributed by atoms with Crippen molar-refractivity contribution in [2.24, 2.45) is 0 Å². The first-order valence-corrected chi connectivity index (χ1v) is 5.44. The van der Waals surface area contributed by atoms with E-state index in [9.17, 15) is 18.0 Å². The zero-order chi connectivity index (χ0) is 13.5. The molecule has 4 nitrogen and oxygen atoms in total. The van der Waals surface area contributed by atoms with Crippen LogP contribution < -0.4 is 11.3 Å². The number of rotatable bonds is 2. The molecular formula is C11H13F3N2O2. The lowest BCUT2D eigenvalue weighted by molar-refractivity contribution is -0.139. The average molecular weight is 262 g/mol. The molecule has 0 bridgehead atoms. The fourth-order valence-corrected chi connectivity index (χ4v) is 2.06. The monoisotopic (exact) mass is 262 g/mol. The van der Waals surface area contributed by atoms with Gasteiger partial charge in [-0.15, -0.1) is 0 Å². The van der Waals surface area contributed by atoms with Gasteiger partial charge in [-0.3, -0.25) is 4.79 Å². The molecule has 0 unspecified atom stereocenters. The molecule has 7 heteroatoms. The highest BCUT2D eigenvalue weighted by molar-refractivity contribution is 5.39. The van der Waals surface area contributed by atoms with Gasteiger partial charge in [-0.25, -0.2) is 0 Å². The molecule has 2 rings (SSSR count). The second kappa shape index (κ2) is 4.31. The average Bonchev–Trinajstić information content (AvgIpc) is 2.19. The normalized spacial score (nSPS) is 23.8. The lowest BCUT2D eigenvalue weighted by Gasteiger charge is -2.35. The van der Waals surface area contributed by atoms with Crippen LogP contribution in [0.2, 0.25) is 0 Å². The van der Waals surface area contributed by atoms with E-state index in [0.717, 1.165) is 4.57 Å². The maximum absolute atomic E-state index is 12.6. The number of nitrogens with zero attached hydrogens (tertiary/aromatic N) is 1. The van der Waals surface area contributed by atoms with Gasteiger partial charge >= 0.3 is 6.18 Å². The fourth-order valence-electron chi connectivity index (χ4n) is 2.06. The largest absolute Gasteiger partial charge is 0.421 e. The van der Waals surface area contributed by atoms with Gasteiger partial charge in [-0.2, -0.15) is 13.2 Å². The summed E-state index contributed by atoms with van der Waals surface area (Å²) in [4.78, 5) is 11.7. The summed E-state index contributed by atoms with van der Waals surface area (Å²) in [5.41, 5.74) is 3.09. The Morgan fingerprint density at radius 2 is 2.06 bits per heavy atom. The minimum absolute atomic E-state index is 0.00216. The van der Waals surface area contributed by atoms with E-state index < -0.39 is 17.3 Å². The Kier molecular flexibility index (Phi) is 3.10. The van der Waals surface area contributed by atoms with Crippen molar-refractivity contribution >= 4 is 5.69 Å². The molecule has 1 aliphatic rings. The molecule has 1 aromatic rings. The van der Waals surface area contributed by atoms with Crippen LogP contribution in [0.4, 0.5) is 18.9 Å². The Labute approximate surface area is 101 Å². The van der Waals surface area contributed by atoms with Gasteiger partial charge in [0.05, 0.1) is 6.10 Å². The van der Waals surface area contributed by atoms with Crippen LogP contribution in [0.25, 0.3) is 0 Å². The summed E-state index contributed by atoms with van der Waals surface area (Å²) in [6.45, 7) is 0. The Hall–Kier alpha value is -1.50. The maximum Gasteiger partial charge on any atom is 0.421 e. The molecule has 0 aromatic carbocycles. The van der Waals surface area contributed by atoms with Crippen molar-refractivity contribution in [2.75, 3.05) is 12.8 Å². The zero-order valence-electron chi connectivity index (χ0n) is 9.70. The third-order valence-electron chi connectivity index (χ3n) is 3.17. The number of hydrogen-bond donors (Lipinski definition) is 1. The van der Waals surface area contributed by atoms with E-state index in [-0.39, 0.29) is 17.8 Å². The van der Waals surface area contributed by atoms with E-state index in [1.165, 1.54) is 13.3 Å². The third kappa shape index (κ3) is 2.22. The number of nitrogens with two attached hydrogens (primary N) is 1. The smallest absolute Gasteiger partial charge is 0.398 e. The van der Waals surface area contributed by atoms with E-state index in [1.54, 1.807) is 0 Å². The Balaban J connectivity index is 2.38. The number of halogens is 3. The molecule has 100 valence electrons. The molecular weight excluding hydrogens is 249 g/mol. The van der Waals surface area contributed by atoms with Gasteiger partial charge in [0.25, 0.3) is 5.56 Å². The molecule has 0 atom stereocenters. The van der Waals surface area contributed by atoms with Crippen LogP contribution in [0.5, 0.6) is 0 Å². The lowest BCUT2D eigenvalue weighted by atomic mass is 9.89. The predicted molar refractivity (Wildman–Crippen MR) is 59.2 cm³/mol. The highest BCUT2D eigenvalue weighted by atomic mass is 19.4. The van der Waals surface area contributed by atoms with Crippen molar-refractivity contribution in [3.8, 4) is 0 Å². The highest BCUT2D eigenvalue weighted by Crippen LogP contribution is 2.35. The van der Waals surface area contributed by atoms with E-state index >= 15 is 0 Å². The summed E-state index contributed by atoms with van der Waals surface area (Å²) < 4.78 is 44.0. The molecule has 0 radical (unpaired) electrons. The summed E-state index contributed by atoms with van der Waals surface area (Å²) in [6, 6.07) is 0.401. The minimum atomic E-state index is -4.68. The number of alkyl halides is 3. The number of nitrogen functional groups attached to an aromatic ring is 1. The molecule has 2 N–H and O–H groups in total. The number of anilines is 1. The van der Waals surface area contributed by atoms with Crippen LogP contribution in [0.15, 0.2) is 17.1 Å². The Morgan fingerprint density at radius 1 is 1.44 bits per heavy atom. The first-order chi connectivity index (χ1) is 8.32. The first kappa shape index (κ1) is 12.9. The second-order valence-electron chi connectivity index (χ2n) is 4.38. The van der Waals surface area contributed by atoms with Crippen molar-refractivity contribution in [2.45, 2.75) is 31.2 Å². The Bertz CT molecular complexity index is 504. The standard InChI is InChI=1S/C11H13F3N2O2/c1-18-8-3-7(4-8)16-5-6(15)2-9(10(16)17)11(12,13)14/h2,5,7-8H,3-4,15H2,1H3/t7-,8+. The van der Waals surface area contributed by atoms with Crippen molar-refractivity contribution in [3.05, 3.63) is 28.2 Å². The molecule has 1 saturated carbocycles. The molecule has 1 fully saturated rings. The highest BCUT2D eigenvalue weighted by Gasteiger charge is 2.37. The minimum Gasteiger partial charge on any atom is -0.398 e. The summed E-state index contributed by atoms with van der Waals surface area (Å²) in [6.07, 6.45) is -2.38. The summed E-state index contributed by atoms with van der Waals surface area (Å²) in [7, 11) is 1.53.